The van der Waals surface area contributed by atoms with Gasteiger partial charge in [-0.3, -0.25) is 0 Å². The van der Waals surface area contributed by atoms with E-state index in [0.29, 0.717) is 6.04 Å². The largest absolute Gasteiger partial charge is 0.374 e. The van der Waals surface area contributed by atoms with Gasteiger partial charge in [0, 0.05) is 24.2 Å². The highest BCUT2D eigenvalue weighted by Gasteiger charge is 2.31. The molecule has 2 unspecified atom stereocenters. The Bertz CT molecular complexity index is 440. The normalized spacial score (nSPS) is 30.7. The van der Waals surface area contributed by atoms with E-state index in [9.17, 15) is 0 Å². The van der Waals surface area contributed by atoms with Crippen LogP contribution < -0.4 is 5.32 Å². The molecule has 2 nitrogen and oxygen atoms in total. The van der Waals surface area contributed by atoms with Crippen LogP contribution in [0, 0.1) is 0 Å². The van der Waals surface area contributed by atoms with Crippen molar-refractivity contribution < 1.29 is 4.74 Å². The lowest BCUT2D eigenvalue weighted by molar-refractivity contribution is 0.0189. The van der Waals surface area contributed by atoms with Gasteiger partial charge in [-0.2, -0.15) is 0 Å². The van der Waals surface area contributed by atoms with Crippen molar-refractivity contribution in [1.29, 1.82) is 0 Å². The Morgan fingerprint density at radius 1 is 1.39 bits per heavy atom. The summed E-state index contributed by atoms with van der Waals surface area (Å²) in [5.74, 6) is 0. The van der Waals surface area contributed by atoms with Crippen molar-refractivity contribution in [1.82, 2.24) is 5.32 Å². The molecule has 1 N–H and O–H groups in total. The Morgan fingerprint density at radius 3 is 3.00 bits per heavy atom. The molecule has 1 saturated heterocycles. The van der Waals surface area contributed by atoms with Gasteiger partial charge in [0.2, 0.25) is 0 Å². The van der Waals surface area contributed by atoms with Crippen LogP contribution in [-0.2, 0) is 17.6 Å². The maximum Gasteiger partial charge on any atom is 0.0779 e. The lowest BCUT2D eigenvalue weighted by Crippen LogP contribution is -2.42. The molecular weight excluding hydrogens is 246 g/mol. The average molecular weight is 266 g/mol. The van der Waals surface area contributed by atoms with E-state index in [1.807, 2.05) is 6.07 Å². The number of ether oxygens (including phenoxy) is 1. The summed E-state index contributed by atoms with van der Waals surface area (Å²) in [5, 5.41) is 4.51. The van der Waals surface area contributed by atoms with E-state index in [-0.39, 0.29) is 5.60 Å². The van der Waals surface area contributed by atoms with Crippen molar-refractivity contribution in [3.63, 3.8) is 0 Å². The summed E-state index contributed by atoms with van der Waals surface area (Å²) in [6.07, 6.45) is 4.57. The van der Waals surface area contributed by atoms with Crippen LogP contribution in [0.3, 0.4) is 0 Å². The van der Waals surface area contributed by atoms with Gasteiger partial charge in [-0.05, 0) is 55.9 Å². The van der Waals surface area contributed by atoms with Crippen molar-refractivity contribution in [2.75, 3.05) is 13.2 Å². The molecule has 3 rings (SSSR count). The van der Waals surface area contributed by atoms with Crippen LogP contribution in [0.2, 0.25) is 5.02 Å². The van der Waals surface area contributed by atoms with E-state index in [2.05, 4.69) is 24.4 Å². The molecule has 1 aromatic rings. The second kappa shape index (κ2) is 4.84. The molecule has 1 aliphatic carbocycles. The number of hydrogen-bond acceptors (Lipinski definition) is 2. The predicted octanol–water partition coefficient (Wildman–Crippen LogP) is 2.97. The number of halogens is 1. The van der Waals surface area contributed by atoms with Gasteiger partial charge in [0.15, 0.2) is 0 Å². The van der Waals surface area contributed by atoms with Gasteiger partial charge in [0.25, 0.3) is 0 Å². The summed E-state index contributed by atoms with van der Waals surface area (Å²) in [6.45, 7) is 4.09. The van der Waals surface area contributed by atoms with Crippen LogP contribution in [0.5, 0.6) is 0 Å². The topological polar surface area (TPSA) is 21.3 Å². The quantitative estimate of drug-likeness (QED) is 0.907. The number of nitrogens with one attached hydrogen (secondary N) is 1. The first-order valence-electron chi connectivity index (χ1n) is 6.79. The highest BCUT2D eigenvalue weighted by atomic mass is 35.5. The molecule has 0 amide bonds. The highest BCUT2D eigenvalue weighted by molar-refractivity contribution is 6.30. The highest BCUT2D eigenvalue weighted by Crippen LogP contribution is 2.27. The van der Waals surface area contributed by atoms with Crippen LogP contribution >= 0.6 is 11.6 Å². The van der Waals surface area contributed by atoms with E-state index in [0.717, 1.165) is 31.0 Å². The summed E-state index contributed by atoms with van der Waals surface area (Å²) in [6, 6.07) is 6.79. The monoisotopic (exact) mass is 265 g/mol. The molecule has 1 heterocycles. The average Bonchev–Trinajstić information content (AvgIpc) is 2.93. The molecule has 0 radical (unpaired) electrons. The summed E-state index contributed by atoms with van der Waals surface area (Å²) < 4.78 is 5.81. The molecule has 2 aliphatic rings. The number of benzene rings is 1. The third-order valence-corrected chi connectivity index (χ3v) is 4.40. The fourth-order valence-corrected chi connectivity index (χ4v) is 3.26. The van der Waals surface area contributed by atoms with Gasteiger partial charge in [0.05, 0.1) is 5.60 Å². The van der Waals surface area contributed by atoms with Gasteiger partial charge in [0.1, 0.15) is 0 Å². The third-order valence-electron chi connectivity index (χ3n) is 4.17. The van der Waals surface area contributed by atoms with Crippen molar-refractivity contribution in [3.8, 4) is 0 Å². The first-order valence-corrected chi connectivity index (χ1v) is 7.17. The second-order valence-corrected chi connectivity index (χ2v) is 6.24. The standard InChI is InChI=1S/C15H20ClNO/c1-15(5-2-6-18-15)10-17-14-8-11-3-4-13(16)7-12(11)9-14/h3-4,7,14,17H,2,5-6,8-10H2,1H3. The maximum atomic E-state index is 6.03. The van der Waals surface area contributed by atoms with Crippen molar-refractivity contribution in [2.45, 2.75) is 44.2 Å². The molecule has 0 saturated carbocycles. The molecule has 1 aliphatic heterocycles. The lowest BCUT2D eigenvalue weighted by atomic mass is 10.0. The minimum atomic E-state index is 0.0480. The van der Waals surface area contributed by atoms with E-state index in [4.69, 9.17) is 16.3 Å². The molecular formula is C15H20ClNO. The van der Waals surface area contributed by atoms with Crippen LogP contribution in [0.4, 0.5) is 0 Å². The minimum absolute atomic E-state index is 0.0480. The molecule has 0 spiro atoms. The molecule has 1 aromatic carbocycles. The van der Waals surface area contributed by atoms with Crippen molar-refractivity contribution in [2.24, 2.45) is 0 Å². The summed E-state index contributed by atoms with van der Waals surface area (Å²) in [4.78, 5) is 0. The van der Waals surface area contributed by atoms with Crippen molar-refractivity contribution >= 4 is 11.6 Å². The fourth-order valence-electron chi connectivity index (χ4n) is 3.07. The van der Waals surface area contributed by atoms with Gasteiger partial charge in [-0.25, -0.2) is 0 Å². The first kappa shape index (κ1) is 12.5. The SMILES string of the molecule is CC1(CNC2Cc3ccc(Cl)cc3C2)CCCO1. The third kappa shape index (κ3) is 2.56. The van der Waals surface area contributed by atoms with Crippen molar-refractivity contribution in [3.05, 3.63) is 34.3 Å². The molecule has 2 atom stereocenters. The number of fused-ring (bicyclic) bond motifs is 1. The Balaban J connectivity index is 1.58. The molecule has 1 fully saturated rings. The van der Waals surface area contributed by atoms with Crippen LogP contribution in [0.25, 0.3) is 0 Å². The Kier molecular flexibility index (Phi) is 3.35. The van der Waals surface area contributed by atoms with Gasteiger partial charge < -0.3 is 10.1 Å². The van der Waals surface area contributed by atoms with E-state index in [1.54, 1.807) is 0 Å². The van der Waals surface area contributed by atoms with E-state index < -0.39 is 0 Å². The molecule has 0 aromatic heterocycles. The Labute approximate surface area is 114 Å². The summed E-state index contributed by atoms with van der Waals surface area (Å²) >= 11 is 6.03. The van der Waals surface area contributed by atoms with E-state index >= 15 is 0 Å². The van der Waals surface area contributed by atoms with Gasteiger partial charge in [-0.1, -0.05) is 17.7 Å². The van der Waals surface area contributed by atoms with Crippen LogP contribution in [-0.4, -0.2) is 24.8 Å². The predicted molar refractivity (Wildman–Crippen MR) is 74.2 cm³/mol. The molecule has 0 bridgehead atoms. The second-order valence-electron chi connectivity index (χ2n) is 5.80. The molecule has 18 heavy (non-hydrogen) atoms. The van der Waals surface area contributed by atoms with Gasteiger partial charge >= 0.3 is 0 Å². The summed E-state index contributed by atoms with van der Waals surface area (Å²) in [5.41, 5.74) is 2.89. The maximum absolute atomic E-state index is 6.03. The molecule has 3 heteroatoms. The van der Waals surface area contributed by atoms with Crippen LogP contribution in [0.1, 0.15) is 30.9 Å². The Morgan fingerprint density at radius 2 is 2.22 bits per heavy atom. The summed E-state index contributed by atoms with van der Waals surface area (Å²) in [7, 11) is 0. The van der Waals surface area contributed by atoms with E-state index in [1.165, 1.54) is 24.0 Å². The number of hydrogen-bond donors (Lipinski definition) is 1. The smallest absolute Gasteiger partial charge is 0.0779 e. The van der Waals surface area contributed by atoms with Crippen LogP contribution in [0.15, 0.2) is 18.2 Å². The zero-order valence-corrected chi connectivity index (χ0v) is 11.6. The minimum Gasteiger partial charge on any atom is -0.374 e. The number of rotatable bonds is 3. The zero-order chi connectivity index (χ0) is 12.6. The lowest BCUT2D eigenvalue weighted by Gasteiger charge is -2.25. The zero-order valence-electron chi connectivity index (χ0n) is 10.8. The fraction of sp³-hybridized carbons (Fsp3) is 0.600. The first-order chi connectivity index (χ1) is 8.65. The van der Waals surface area contributed by atoms with Gasteiger partial charge in [-0.15, -0.1) is 0 Å². The molecule has 98 valence electrons. The Hall–Kier alpha value is -0.570.